The van der Waals surface area contributed by atoms with Gasteiger partial charge in [-0.3, -0.25) is 0 Å². The third-order valence-corrected chi connectivity index (χ3v) is 3.95. The van der Waals surface area contributed by atoms with E-state index in [2.05, 4.69) is 51.5 Å². The SMILES string of the molecule is C=CC(C)(C)CC(CC(C)(C)C)OC(=O)NCCCCCCN=C=O. The summed E-state index contributed by atoms with van der Waals surface area (Å²) < 4.78 is 5.67. The number of alkyl carbamates (subject to hydrolysis) is 1. The Hall–Kier alpha value is -1.61. The minimum atomic E-state index is -0.348. The molecule has 1 unspecified atom stereocenters. The zero-order valence-electron chi connectivity index (χ0n) is 16.7. The number of aliphatic imine (C=N–C) groups is 1. The molecule has 0 aromatic heterocycles. The fourth-order valence-corrected chi connectivity index (χ4v) is 2.61. The van der Waals surface area contributed by atoms with Gasteiger partial charge in [0.05, 0.1) is 6.54 Å². The van der Waals surface area contributed by atoms with Crippen molar-refractivity contribution in [2.75, 3.05) is 13.1 Å². The number of rotatable bonds is 12. The van der Waals surface area contributed by atoms with Crippen LogP contribution in [0.3, 0.4) is 0 Å². The van der Waals surface area contributed by atoms with Crippen LogP contribution in [0.2, 0.25) is 0 Å². The fourth-order valence-electron chi connectivity index (χ4n) is 2.61. The quantitative estimate of drug-likeness (QED) is 0.232. The number of carbonyl (C=O) groups is 1. The highest BCUT2D eigenvalue weighted by Crippen LogP contribution is 2.31. The van der Waals surface area contributed by atoms with E-state index in [-0.39, 0.29) is 23.0 Å². The molecule has 0 aromatic rings. The molecule has 0 saturated heterocycles. The maximum absolute atomic E-state index is 12.1. The minimum absolute atomic E-state index is 0.0692. The Morgan fingerprint density at radius 1 is 1.16 bits per heavy atom. The number of unbranched alkanes of at least 4 members (excludes halogenated alkanes) is 3. The first-order chi connectivity index (χ1) is 11.6. The Bertz CT molecular complexity index is 446. The summed E-state index contributed by atoms with van der Waals surface area (Å²) in [6.45, 7) is 15.7. The van der Waals surface area contributed by atoms with Gasteiger partial charge in [-0.15, -0.1) is 6.58 Å². The molecule has 0 aliphatic carbocycles. The zero-order valence-corrected chi connectivity index (χ0v) is 16.7. The maximum atomic E-state index is 12.1. The van der Waals surface area contributed by atoms with Gasteiger partial charge in [0.15, 0.2) is 0 Å². The first-order valence-electron chi connectivity index (χ1n) is 9.21. The number of ether oxygens (including phenoxy) is 1. The van der Waals surface area contributed by atoms with Crippen molar-refractivity contribution in [2.24, 2.45) is 15.8 Å². The summed E-state index contributed by atoms with van der Waals surface area (Å²) in [5.41, 5.74) is 0.0202. The molecule has 0 bridgehead atoms. The average Bonchev–Trinajstić information content (AvgIpc) is 2.47. The van der Waals surface area contributed by atoms with Gasteiger partial charge in [-0.25, -0.2) is 14.6 Å². The molecule has 0 spiro atoms. The van der Waals surface area contributed by atoms with Gasteiger partial charge < -0.3 is 10.1 Å². The summed E-state index contributed by atoms with van der Waals surface area (Å²) in [5.74, 6) is 0. The van der Waals surface area contributed by atoms with Crippen LogP contribution in [-0.4, -0.2) is 31.4 Å². The molecule has 0 aromatic carbocycles. The molecule has 5 heteroatoms. The Labute approximate surface area is 153 Å². The number of nitrogens with zero attached hydrogens (tertiary/aromatic N) is 1. The van der Waals surface area contributed by atoms with E-state index < -0.39 is 0 Å². The lowest BCUT2D eigenvalue weighted by molar-refractivity contribution is 0.0515. The molecule has 0 aliphatic heterocycles. The monoisotopic (exact) mass is 352 g/mol. The average molecular weight is 353 g/mol. The zero-order chi connectivity index (χ0) is 19.3. The second-order valence-corrected chi connectivity index (χ2v) is 8.50. The van der Waals surface area contributed by atoms with Crippen molar-refractivity contribution < 1.29 is 14.3 Å². The lowest BCUT2D eigenvalue weighted by Gasteiger charge is -2.31. The molecule has 0 aliphatic rings. The summed E-state index contributed by atoms with van der Waals surface area (Å²) in [6.07, 6.45) is 8.30. The summed E-state index contributed by atoms with van der Waals surface area (Å²) >= 11 is 0. The highest BCUT2D eigenvalue weighted by Gasteiger charge is 2.27. The standard InChI is InChI=1S/C20H36N2O3/c1-7-20(5,6)15-17(14-19(2,3)4)25-18(24)22-13-11-9-8-10-12-21-16-23/h7,17H,1,8-15H2,2-6H3,(H,22,24). The van der Waals surface area contributed by atoms with Gasteiger partial charge in [0.25, 0.3) is 0 Å². The predicted octanol–water partition coefficient (Wildman–Crippen LogP) is 5.02. The van der Waals surface area contributed by atoms with Crippen molar-refractivity contribution in [3.63, 3.8) is 0 Å². The third-order valence-electron chi connectivity index (χ3n) is 3.95. The van der Waals surface area contributed by atoms with Crippen LogP contribution < -0.4 is 5.32 Å². The predicted molar refractivity (Wildman–Crippen MR) is 102 cm³/mol. The lowest BCUT2D eigenvalue weighted by Crippen LogP contribution is -2.34. The summed E-state index contributed by atoms with van der Waals surface area (Å²) in [7, 11) is 0. The van der Waals surface area contributed by atoms with Crippen LogP contribution in [0.15, 0.2) is 17.6 Å². The molecular weight excluding hydrogens is 316 g/mol. The van der Waals surface area contributed by atoms with Crippen molar-refractivity contribution >= 4 is 12.2 Å². The van der Waals surface area contributed by atoms with Crippen LogP contribution in [-0.2, 0) is 9.53 Å². The molecule has 1 N–H and O–H groups in total. The summed E-state index contributed by atoms with van der Waals surface area (Å²) in [6, 6.07) is 0. The molecule has 1 amide bonds. The number of nitrogens with one attached hydrogen (secondary N) is 1. The highest BCUT2D eigenvalue weighted by atomic mass is 16.6. The lowest BCUT2D eigenvalue weighted by atomic mass is 9.81. The van der Waals surface area contributed by atoms with Crippen molar-refractivity contribution in [1.82, 2.24) is 5.32 Å². The Morgan fingerprint density at radius 3 is 2.36 bits per heavy atom. The largest absolute Gasteiger partial charge is 0.446 e. The topological polar surface area (TPSA) is 67.8 Å². The number of isocyanates is 1. The van der Waals surface area contributed by atoms with E-state index in [1.165, 1.54) is 6.08 Å². The van der Waals surface area contributed by atoms with Crippen LogP contribution in [0.4, 0.5) is 4.79 Å². The summed E-state index contributed by atoms with van der Waals surface area (Å²) in [5, 5.41) is 2.83. The van der Waals surface area contributed by atoms with E-state index in [4.69, 9.17) is 4.74 Å². The third kappa shape index (κ3) is 14.4. The van der Waals surface area contributed by atoms with Crippen LogP contribution in [0, 0.1) is 10.8 Å². The van der Waals surface area contributed by atoms with Gasteiger partial charge in [0.1, 0.15) is 6.10 Å². The van der Waals surface area contributed by atoms with E-state index >= 15 is 0 Å². The first-order valence-corrected chi connectivity index (χ1v) is 9.21. The minimum Gasteiger partial charge on any atom is -0.446 e. The Morgan fingerprint density at radius 2 is 1.80 bits per heavy atom. The number of carbonyl (C=O) groups excluding carboxylic acids is 2. The van der Waals surface area contributed by atoms with Crippen LogP contribution >= 0.6 is 0 Å². The second-order valence-electron chi connectivity index (χ2n) is 8.50. The van der Waals surface area contributed by atoms with Crippen LogP contribution in [0.5, 0.6) is 0 Å². The van der Waals surface area contributed by atoms with Crippen molar-refractivity contribution in [2.45, 2.75) is 79.2 Å². The van der Waals surface area contributed by atoms with E-state index in [0.717, 1.165) is 38.5 Å². The normalized spacial score (nSPS) is 12.8. The molecule has 0 rings (SSSR count). The molecule has 144 valence electrons. The van der Waals surface area contributed by atoms with Gasteiger partial charge >= 0.3 is 6.09 Å². The van der Waals surface area contributed by atoms with Crippen molar-refractivity contribution in [3.8, 4) is 0 Å². The fraction of sp³-hybridized carbons (Fsp3) is 0.800. The number of amides is 1. The Balaban J connectivity index is 4.20. The van der Waals surface area contributed by atoms with Gasteiger partial charge in [-0.2, -0.15) is 0 Å². The van der Waals surface area contributed by atoms with E-state index in [0.29, 0.717) is 13.1 Å². The highest BCUT2D eigenvalue weighted by molar-refractivity contribution is 5.67. The van der Waals surface area contributed by atoms with Crippen molar-refractivity contribution in [3.05, 3.63) is 12.7 Å². The molecule has 1 atom stereocenters. The summed E-state index contributed by atoms with van der Waals surface area (Å²) in [4.78, 5) is 25.5. The number of allylic oxidation sites excluding steroid dienone is 1. The smallest absolute Gasteiger partial charge is 0.407 e. The van der Waals surface area contributed by atoms with Crippen molar-refractivity contribution in [1.29, 1.82) is 0 Å². The second kappa shape index (κ2) is 11.9. The Kier molecular flexibility index (Phi) is 11.1. The van der Waals surface area contributed by atoms with Gasteiger partial charge in [-0.05, 0) is 36.5 Å². The van der Waals surface area contributed by atoms with Gasteiger partial charge in [-0.1, -0.05) is 53.5 Å². The van der Waals surface area contributed by atoms with Crippen LogP contribution in [0.1, 0.15) is 73.1 Å². The molecule has 0 fully saturated rings. The molecule has 0 heterocycles. The van der Waals surface area contributed by atoms with Crippen LogP contribution in [0.25, 0.3) is 0 Å². The van der Waals surface area contributed by atoms with E-state index in [1.54, 1.807) is 0 Å². The van der Waals surface area contributed by atoms with Gasteiger partial charge in [0, 0.05) is 6.54 Å². The molecule has 5 nitrogen and oxygen atoms in total. The molecular formula is C20H36N2O3. The molecule has 25 heavy (non-hydrogen) atoms. The van der Waals surface area contributed by atoms with E-state index in [1.807, 2.05) is 6.08 Å². The maximum Gasteiger partial charge on any atom is 0.407 e. The number of hydrogen-bond donors (Lipinski definition) is 1. The molecule has 0 saturated carbocycles. The number of hydrogen-bond acceptors (Lipinski definition) is 4. The first kappa shape index (κ1) is 23.4. The van der Waals surface area contributed by atoms with E-state index in [9.17, 15) is 9.59 Å². The van der Waals surface area contributed by atoms with Gasteiger partial charge in [0.2, 0.25) is 6.08 Å². The molecule has 0 radical (unpaired) electrons.